The first-order valence-electron chi connectivity index (χ1n) is 6.10. The molecule has 0 saturated heterocycles. The summed E-state index contributed by atoms with van der Waals surface area (Å²) in [5.74, 6) is -0.612. The fourth-order valence-electron chi connectivity index (χ4n) is 1.68. The monoisotopic (exact) mass is 318 g/mol. The molecule has 0 aliphatic carbocycles. The number of carbonyl (C=O) groups is 1. The van der Waals surface area contributed by atoms with Crippen LogP contribution in [0.15, 0.2) is 47.6 Å². The lowest BCUT2D eigenvalue weighted by molar-refractivity contribution is -0.384. The van der Waals surface area contributed by atoms with Crippen molar-refractivity contribution >= 4 is 35.1 Å². The first-order chi connectivity index (χ1) is 10.5. The van der Waals surface area contributed by atoms with Gasteiger partial charge in [0.1, 0.15) is 0 Å². The second-order valence-corrected chi connectivity index (χ2v) is 4.70. The zero-order valence-corrected chi connectivity index (χ0v) is 11.9. The molecule has 0 bridgehead atoms. The van der Waals surface area contributed by atoms with Crippen LogP contribution in [0.5, 0.6) is 0 Å². The number of rotatable bonds is 4. The lowest BCUT2D eigenvalue weighted by Gasteiger charge is -2.02. The van der Waals surface area contributed by atoms with E-state index >= 15 is 0 Å². The molecule has 1 amide bonds. The molecule has 7 nitrogen and oxygen atoms in total. The van der Waals surface area contributed by atoms with Crippen LogP contribution in [0, 0.1) is 10.1 Å². The average molecular weight is 319 g/mol. The maximum absolute atomic E-state index is 11.9. The molecule has 2 aromatic rings. The molecular formula is C14H11ClN4O3. The summed E-state index contributed by atoms with van der Waals surface area (Å²) < 4.78 is 0. The van der Waals surface area contributed by atoms with Gasteiger partial charge in [0.15, 0.2) is 0 Å². The summed E-state index contributed by atoms with van der Waals surface area (Å²) in [7, 11) is 0. The number of non-ortho nitro benzene ring substituents is 1. The molecule has 0 radical (unpaired) electrons. The van der Waals surface area contributed by atoms with E-state index in [1.807, 2.05) is 0 Å². The van der Waals surface area contributed by atoms with Crippen molar-refractivity contribution in [3.8, 4) is 0 Å². The van der Waals surface area contributed by atoms with Crippen LogP contribution in [0.25, 0.3) is 0 Å². The van der Waals surface area contributed by atoms with Crippen molar-refractivity contribution in [3.63, 3.8) is 0 Å². The SMILES string of the molecule is Nc1cc(C(=O)N/N=C/c2ccccc2Cl)cc([N+](=O)[O-])c1. The summed E-state index contributed by atoms with van der Waals surface area (Å²) in [6.45, 7) is 0. The van der Waals surface area contributed by atoms with E-state index in [9.17, 15) is 14.9 Å². The first kappa shape index (κ1) is 15.5. The molecule has 0 unspecified atom stereocenters. The van der Waals surface area contributed by atoms with Crippen molar-refractivity contribution in [1.82, 2.24) is 5.43 Å². The summed E-state index contributed by atoms with van der Waals surface area (Å²) in [4.78, 5) is 22.0. The van der Waals surface area contributed by atoms with Gasteiger partial charge in [-0.25, -0.2) is 5.43 Å². The number of hydrazone groups is 1. The molecule has 0 aliphatic heterocycles. The zero-order chi connectivity index (χ0) is 16.1. The molecule has 0 heterocycles. The molecule has 0 spiro atoms. The Hall–Kier alpha value is -2.93. The number of carbonyl (C=O) groups excluding carboxylic acids is 1. The minimum Gasteiger partial charge on any atom is -0.399 e. The number of nitrogens with two attached hydrogens (primary N) is 1. The molecule has 2 aromatic carbocycles. The van der Waals surface area contributed by atoms with Gasteiger partial charge < -0.3 is 5.73 Å². The average Bonchev–Trinajstić information content (AvgIpc) is 2.48. The number of nitrogens with one attached hydrogen (secondary N) is 1. The molecule has 2 rings (SSSR count). The summed E-state index contributed by atoms with van der Waals surface area (Å²) in [6.07, 6.45) is 1.38. The van der Waals surface area contributed by atoms with Gasteiger partial charge in [-0.1, -0.05) is 29.8 Å². The Morgan fingerprint density at radius 3 is 2.73 bits per heavy atom. The number of hydrogen-bond donors (Lipinski definition) is 2. The maximum atomic E-state index is 11.9. The molecule has 0 fully saturated rings. The number of nitrogens with zero attached hydrogens (tertiary/aromatic N) is 2. The van der Waals surface area contributed by atoms with Crippen LogP contribution in [0.3, 0.4) is 0 Å². The summed E-state index contributed by atoms with van der Waals surface area (Å²) in [6, 6.07) is 10.6. The highest BCUT2D eigenvalue weighted by molar-refractivity contribution is 6.33. The molecule has 0 aromatic heterocycles. The van der Waals surface area contributed by atoms with Crippen molar-refractivity contribution in [1.29, 1.82) is 0 Å². The highest BCUT2D eigenvalue weighted by Gasteiger charge is 2.13. The minimum atomic E-state index is -0.625. The van der Waals surface area contributed by atoms with E-state index in [0.717, 1.165) is 6.07 Å². The van der Waals surface area contributed by atoms with Gasteiger partial charge in [-0.05, 0) is 12.1 Å². The Balaban J connectivity index is 2.13. The predicted octanol–water partition coefficient (Wildman–Crippen LogP) is 2.59. The van der Waals surface area contributed by atoms with Gasteiger partial charge in [0.25, 0.3) is 11.6 Å². The zero-order valence-electron chi connectivity index (χ0n) is 11.2. The van der Waals surface area contributed by atoms with Gasteiger partial charge in [-0.3, -0.25) is 14.9 Å². The Kier molecular flexibility index (Phi) is 4.70. The van der Waals surface area contributed by atoms with Crippen LogP contribution in [0.1, 0.15) is 15.9 Å². The Bertz CT molecular complexity index is 762. The van der Waals surface area contributed by atoms with Crippen LogP contribution < -0.4 is 11.2 Å². The van der Waals surface area contributed by atoms with Crippen molar-refractivity contribution in [2.24, 2.45) is 5.10 Å². The number of nitrogen functional groups attached to an aromatic ring is 1. The first-order valence-corrected chi connectivity index (χ1v) is 6.48. The normalized spacial score (nSPS) is 10.6. The summed E-state index contributed by atoms with van der Waals surface area (Å²) in [5.41, 5.74) is 8.32. The van der Waals surface area contributed by atoms with E-state index in [0.29, 0.717) is 10.6 Å². The number of nitro groups is 1. The number of benzene rings is 2. The minimum absolute atomic E-state index is 0.0445. The quantitative estimate of drug-likeness (QED) is 0.390. The molecule has 0 atom stereocenters. The smallest absolute Gasteiger partial charge is 0.272 e. The molecule has 3 N–H and O–H groups in total. The predicted molar refractivity (Wildman–Crippen MR) is 84.0 cm³/mol. The highest BCUT2D eigenvalue weighted by Crippen LogP contribution is 2.18. The number of amides is 1. The maximum Gasteiger partial charge on any atom is 0.272 e. The molecule has 22 heavy (non-hydrogen) atoms. The fraction of sp³-hybridized carbons (Fsp3) is 0. The second-order valence-electron chi connectivity index (χ2n) is 4.29. The van der Waals surface area contributed by atoms with Gasteiger partial charge in [-0.15, -0.1) is 0 Å². The summed E-state index contributed by atoms with van der Waals surface area (Å²) >= 11 is 5.94. The van der Waals surface area contributed by atoms with Gasteiger partial charge in [0.05, 0.1) is 16.7 Å². The number of halogens is 1. The standard InChI is InChI=1S/C14H11ClN4O3/c15-13-4-2-1-3-9(13)8-17-18-14(20)10-5-11(16)7-12(6-10)19(21)22/h1-8H,16H2,(H,18,20)/b17-8+. The lowest BCUT2D eigenvalue weighted by atomic mass is 10.1. The van der Waals surface area contributed by atoms with Crippen LogP contribution >= 0.6 is 11.6 Å². The van der Waals surface area contributed by atoms with Gasteiger partial charge in [-0.2, -0.15) is 5.10 Å². The Morgan fingerprint density at radius 2 is 2.05 bits per heavy atom. The van der Waals surface area contributed by atoms with Crippen LogP contribution in [-0.4, -0.2) is 17.0 Å². The Labute approximate surface area is 130 Å². The third kappa shape index (κ3) is 3.80. The van der Waals surface area contributed by atoms with Gasteiger partial charge in [0.2, 0.25) is 0 Å². The van der Waals surface area contributed by atoms with E-state index < -0.39 is 10.8 Å². The van der Waals surface area contributed by atoms with Gasteiger partial charge >= 0.3 is 0 Å². The van der Waals surface area contributed by atoms with E-state index in [1.165, 1.54) is 18.3 Å². The van der Waals surface area contributed by atoms with Gasteiger partial charge in [0, 0.05) is 28.4 Å². The van der Waals surface area contributed by atoms with E-state index in [2.05, 4.69) is 10.5 Å². The van der Waals surface area contributed by atoms with Crippen molar-refractivity contribution in [3.05, 3.63) is 68.7 Å². The molecule has 8 heteroatoms. The number of anilines is 1. The van der Waals surface area contributed by atoms with Crippen LogP contribution in [-0.2, 0) is 0 Å². The molecule has 112 valence electrons. The molecule has 0 aliphatic rings. The highest BCUT2D eigenvalue weighted by atomic mass is 35.5. The van der Waals surface area contributed by atoms with Crippen molar-refractivity contribution in [2.45, 2.75) is 0 Å². The number of nitro benzene ring substituents is 1. The number of hydrogen-bond acceptors (Lipinski definition) is 5. The van der Waals surface area contributed by atoms with Crippen molar-refractivity contribution < 1.29 is 9.72 Å². The third-order valence-electron chi connectivity index (χ3n) is 2.69. The third-order valence-corrected chi connectivity index (χ3v) is 3.03. The topological polar surface area (TPSA) is 111 Å². The van der Waals surface area contributed by atoms with E-state index in [-0.39, 0.29) is 16.9 Å². The van der Waals surface area contributed by atoms with E-state index in [4.69, 9.17) is 17.3 Å². The Morgan fingerprint density at radius 1 is 1.32 bits per heavy atom. The molecular weight excluding hydrogens is 308 g/mol. The summed E-state index contributed by atoms with van der Waals surface area (Å²) in [5, 5.41) is 15.0. The largest absolute Gasteiger partial charge is 0.399 e. The van der Waals surface area contributed by atoms with Crippen LogP contribution in [0.2, 0.25) is 5.02 Å². The van der Waals surface area contributed by atoms with E-state index in [1.54, 1.807) is 24.3 Å². The second kappa shape index (κ2) is 6.68. The molecule has 0 saturated carbocycles. The van der Waals surface area contributed by atoms with Crippen LogP contribution in [0.4, 0.5) is 11.4 Å². The van der Waals surface area contributed by atoms with Crippen molar-refractivity contribution in [2.75, 3.05) is 5.73 Å². The fourth-order valence-corrected chi connectivity index (χ4v) is 1.86. The lowest BCUT2D eigenvalue weighted by Crippen LogP contribution is -2.18.